The summed E-state index contributed by atoms with van der Waals surface area (Å²) in [6.07, 6.45) is 0.498. The van der Waals surface area contributed by atoms with Crippen LogP contribution in [-0.4, -0.2) is 24.5 Å². The average molecular weight is 243 g/mol. The Morgan fingerprint density at radius 1 is 1.44 bits per heavy atom. The van der Waals surface area contributed by atoms with Gasteiger partial charge in [0, 0.05) is 0 Å². The molecule has 0 spiro atoms. The second kappa shape index (κ2) is 7.22. The normalized spacial score (nSPS) is 12.1. The van der Waals surface area contributed by atoms with Crippen LogP contribution in [0.5, 0.6) is 0 Å². The molecular weight excluding hydrogens is 228 g/mol. The number of rotatable bonds is 6. The number of alkyl halides is 1. The zero-order valence-corrected chi connectivity index (χ0v) is 9.61. The predicted octanol–water partition coefficient (Wildman–Crippen LogP) is 0.843. The summed E-state index contributed by atoms with van der Waals surface area (Å²) in [6.45, 7) is 0.202. The summed E-state index contributed by atoms with van der Waals surface area (Å²) in [7, 11) is 0. The van der Waals surface area contributed by atoms with Crippen molar-refractivity contribution >= 4 is 17.6 Å². The first-order chi connectivity index (χ1) is 7.77. The van der Waals surface area contributed by atoms with Crippen molar-refractivity contribution in [1.29, 1.82) is 0 Å². The van der Waals surface area contributed by atoms with E-state index >= 15 is 0 Å². The maximum absolute atomic E-state index is 11.5. The number of benzene rings is 1. The number of carbonyl (C=O) groups excluding carboxylic acids is 1. The number of hydrogen-bond acceptors (Lipinski definition) is 4. The molecule has 0 fully saturated rings. The molecule has 0 heterocycles. The second-order valence-electron chi connectivity index (χ2n) is 3.27. The van der Waals surface area contributed by atoms with Crippen molar-refractivity contribution in [3.05, 3.63) is 35.9 Å². The first kappa shape index (κ1) is 13.0. The average Bonchev–Trinajstić information content (AvgIpc) is 2.34. The lowest BCUT2D eigenvalue weighted by Gasteiger charge is -2.14. The minimum Gasteiger partial charge on any atom is -0.463 e. The van der Waals surface area contributed by atoms with Gasteiger partial charge in [-0.05, 0) is 12.0 Å². The number of nitrogens with two attached hydrogens (primary N) is 1. The molecule has 0 aliphatic rings. The molecule has 0 aliphatic carbocycles. The second-order valence-corrected chi connectivity index (χ2v) is 3.64. The zero-order valence-electron chi connectivity index (χ0n) is 8.86. The minimum atomic E-state index is -0.536. The Labute approximate surface area is 99.7 Å². The van der Waals surface area contributed by atoms with Gasteiger partial charge in [-0.15, -0.1) is 11.6 Å². The van der Waals surface area contributed by atoms with E-state index in [-0.39, 0.29) is 18.5 Å². The lowest BCUT2D eigenvalue weighted by atomic mass is 10.1. The van der Waals surface area contributed by atoms with Crippen LogP contribution >= 0.6 is 11.6 Å². The van der Waals surface area contributed by atoms with Gasteiger partial charge in [-0.25, -0.2) is 5.43 Å². The molecule has 5 heteroatoms. The molecule has 0 amide bonds. The quantitative estimate of drug-likeness (QED) is 0.336. The number of nitrogens with one attached hydrogen (secondary N) is 1. The van der Waals surface area contributed by atoms with Crippen LogP contribution in [0.2, 0.25) is 0 Å². The molecule has 1 atom stereocenters. The fourth-order valence-electron chi connectivity index (χ4n) is 1.30. The molecule has 16 heavy (non-hydrogen) atoms. The lowest BCUT2D eigenvalue weighted by Crippen LogP contribution is -2.44. The third kappa shape index (κ3) is 4.18. The summed E-state index contributed by atoms with van der Waals surface area (Å²) in [6, 6.07) is 9.06. The highest BCUT2D eigenvalue weighted by molar-refractivity contribution is 6.18. The van der Waals surface area contributed by atoms with E-state index in [1.807, 2.05) is 30.3 Å². The van der Waals surface area contributed by atoms with Crippen molar-refractivity contribution in [3.63, 3.8) is 0 Å². The van der Waals surface area contributed by atoms with E-state index in [0.717, 1.165) is 5.56 Å². The van der Waals surface area contributed by atoms with Crippen LogP contribution in [-0.2, 0) is 16.0 Å². The van der Waals surface area contributed by atoms with Crippen LogP contribution in [0, 0.1) is 0 Å². The van der Waals surface area contributed by atoms with Crippen LogP contribution in [0.1, 0.15) is 5.56 Å². The zero-order chi connectivity index (χ0) is 11.8. The molecule has 0 radical (unpaired) electrons. The summed E-state index contributed by atoms with van der Waals surface area (Å²) < 4.78 is 4.90. The molecule has 0 unspecified atom stereocenters. The largest absolute Gasteiger partial charge is 0.463 e. The summed E-state index contributed by atoms with van der Waals surface area (Å²) in [5.41, 5.74) is 3.46. The summed E-state index contributed by atoms with van der Waals surface area (Å²) >= 11 is 5.42. The van der Waals surface area contributed by atoms with Crippen molar-refractivity contribution in [2.24, 2.45) is 5.84 Å². The van der Waals surface area contributed by atoms with Crippen molar-refractivity contribution in [2.75, 3.05) is 12.5 Å². The molecule has 0 bridgehead atoms. The third-order valence-electron chi connectivity index (χ3n) is 2.09. The SMILES string of the molecule is NN[C@@H](Cc1ccccc1)C(=O)OCCCl. The predicted molar refractivity (Wildman–Crippen MR) is 62.9 cm³/mol. The number of esters is 1. The van der Waals surface area contributed by atoms with E-state index in [1.54, 1.807) is 0 Å². The van der Waals surface area contributed by atoms with Gasteiger partial charge in [0.15, 0.2) is 0 Å². The molecule has 1 aromatic carbocycles. The highest BCUT2D eigenvalue weighted by Gasteiger charge is 2.18. The Hall–Kier alpha value is -1.10. The molecule has 3 N–H and O–H groups in total. The standard InChI is InChI=1S/C11H15ClN2O2/c12-6-7-16-11(15)10(14-13)8-9-4-2-1-3-5-9/h1-5,10,14H,6-8,13H2/t10-/m0/s1. The fraction of sp³-hybridized carbons (Fsp3) is 0.364. The molecule has 1 aromatic rings. The monoisotopic (exact) mass is 242 g/mol. The van der Waals surface area contributed by atoms with Gasteiger partial charge in [-0.1, -0.05) is 30.3 Å². The first-order valence-corrected chi connectivity index (χ1v) is 5.54. The first-order valence-electron chi connectivity index (χ1n) is 5.00. The number of carbonyl (C=O) groups is 1. The summed E-state index contributed by atoms with van der Waals surface area (Å²) in [4.78, 5) is 11.5. The topological polar surface area (TPSA) is 64.3 Å². The van der Waals surface area contributed by atoms with Gasteiger partial charge in [0.05, 0.1) is 5.88 Å². The van der Waals surface area contributed by atoms with E-state index in [2.05, 4.69) is 5.43 Å². The van der Waals surface area contributed by atoms with E-state index < -0.39 is 6.04 Å². The smallest absolute Gasteiger partial charge is 0.324 e. The number of ether oxygens (including phenoxy) is 1. The number of hydrogen-bond donors (Lipinski definition) is 2. The molecule has 0 aliphatic heterocycles. The Balaban J connectivity index is 2.52. The van der Waals surface area contributed by atoms with Crippen LogP contribution in [0.25, 0.3) is 0 Å². The van der Waals surface area contributed by atoms with Gasteiger partial charge in [0.2, 0.25) is 0 Å². The van der Waals surface area contributed by atoms with Gasteiger partial charge in [0.1, 0.15) is 12.6 Å². The van der Waals surface area contributed by atoms with Gasteiger partial charge < -0.3 is 4.74 Å². The van der Waals surface area contributed by atoms with Gasteiger partial charge in [-0.3, -0.25) is 10.6 Å². The Kier molecular flexibility index (Phi) is 5.85. The van der Waals surface area contributed by atoms with E-state index in [0.29, 0.717) is 6.42 Å². The van der Waals surface area contributed by atoms with Crippen molar-refractivity contribution in [2.45, 2.75) is 12.5 Å². The molecule has 1 rings (SSSR count). The number of halogens is 1. The van der Waals surface area contributed by atoms with E-state index in [4.69, 9.17) is 22.2 Å². The molecule has 0 saturated heterocycles. The highest BCUT2D eigenvalue weighted by Crippen LogP contribution is 2.04. The van der Waals surface area contributed by atoms with E-state index in [1.165, 1.54) is 0 Å². The van der Waals surface area contributed by atoms with E-state index in [9.17, 15) is 4.79 Å². The Bertz CT molecular complexity index is 319. The Morgan fingerprint density at radius 2 is 2.12 bits per heavy atom. The van der Waals surface area contributed by atoms with Crippen molar-refractivity contribution in [3.8, 4) is 0 Å². The van der Waals surface area contributed by atoms with Gasteiger partial charge >= 0.3 is 5.97 Å². The molecular formula is C11H15ClN2O2. The summed E-state index contributed by atoms with van der Waals surface area (Å²) in [5.74, 6) is 5.21. The van der Waals surface area contributed by atoms with Crippen LogP contribution < -0.4 is 11.3 Å². The van der Waals surface area contributed by atoms with Crippen molar-refractivity contribution < 1.29 is 9.53 Å². The lowest BCUT2D eigenvalue weighted by molar-refractivity contribution is -0.145. The summed E-state index contributed by atoms with van der Waals surface area (Å²) in [5, 5.41) is 0. The Morgan fingerprint density at radius 3 is 2.69 bits per heavy atom. The number of hydrazine groups is 1. The molecule has 0 aromatic heterocycles. The maximum atomic E-state index is 11.5. The third-order valence-corrected chi connectivity index (χ3v) is 2.24. The van der Waals surface area contributed by atoms with Crippen molar-refractivity contribution in [1.82, 2.24) is 5.43 Å². The maximum Gasteiger partial charge on any atom is 0.324 e. The highest BCUT2D eigenvalue weighted by atomic mass is 35.5. The van der Waals surface area contributed by atoms with Gasteiger partial charge in [-0.2, -0.15) is 0 Å². The van der Waals surface area contributed by atoms with Crippen LogP contribution in [0.4, 0.5) is 0 Å². The fourth-order valence-corrected chi connectivity index (χ4v) is 1.38. The molecule has 0 saturated carbocycles. The molecule has 88 valence electrons. The van der Waals surface area contributed by atoms with Crippen LogP contribution in [0.15, 0.2) is 30.3 Å². The van der Waals surface area contributed by atoms with Gasteiger partial charge in [0.25, 0.3) is 0 Å². The van der Waals surface area contributed by atoms with Crippen LogP contribution in [0.3, 0.4) is 0 Å². The minimum absolute atomic E-state index is 0.202. The molecule has 4 nitrogen and oxygen atoms in total.